The Morgan fingerprint density at radius 3 is 2.39 bits per heavy atom. The highest BCUT2D eigenvalue weighted by Gasteiger charge is 2.29. The molecule has 0 aliphatic heterocycles. The molecule has 0 bridgehead atoms. The monoisotopic (exact) mass is 242 g/mol. The highest BCUT2D eigenvalue weighted by molar-refractivity contribution is 5.36. The predicted octanol–water partition coefficient (Wildman–Crippen LogP) is 2.39. The molecule has 0 saturated heterocycles. The predicted molar refractivity (Wildman–Crippen MR) is 70.3 cm³/mol. The SMILES string of the molecule is NC1(c2ccc(-n3ccnn3)cc2)CCCCC1. The summed E-state index contributed by atoms with van der Waals surface area (Å²) in [6, 6.07) is 8.38. The van der Waals surface area contributed by atoms with Gasteiger partial charge in [-0.1, -0.05) is 36.6 Å². The Morgan fingerprint density at radius 2 is 1.78 bits per heavy atom. The fourth-order valence-corrected chi connectivity index (χ4v) is 2.76. The third kappa shape index (κ3) is 2.04. The van der Waals surface area contributed by atoms with Gasteiger partial charge in [0.25, 0.3) is 0 Å². The van der Waals surface area contributed by atoms with Gasteiger partial charge in [0.1, 0.15) is 0 Å². The van der Waals surface area contributed by atoms with Gasteiger partial charge in [0.05, 0.1) is 18.1 Å². The largest absolute Gasteiger partial charge is 0.321 e. The van der Waals surface area contributed by atoms with E-state index in [9.17, 15) is 0 Å². The van der Waals surface area contributed by atoms with Crippen LogP contribution in [0.4, 0.5) is 0 Å². The van der Waals surface area contributed by atoms with Gasteiger partial charge in [0.15, 0.2) is 0 Å². The summed E-state index contributed by atoms with van der Waals surface area (Å²) < 4.78 is 1.76. The van der Waals surface area contributed by atoms with Crippen LogP contribution in [0.25, 0.3) is 5.69 Å². The highest BCUT2D eigenvalue weighted by Crippen LogP contribution is 2.34. The van der Waals surface area contributed by atoms with Gasteiger partial charge in [-0.05, 0) is 30.5 Å². The number of hydrogen-bond donors (Lipinski definition) is 1. The summed E-state index contributed by atoms with van der Waals surface area (Å²) in [5.74, 6) is 0. The molecule has 1 fully saturated rings. The Balaban J connectivity index is 1.86. The van der Waals surface area contributed by atoms with Crippen LogP contribution in [0.3, 0.4) is 0 Å². The van der Waals surface area contributed by atoms with E-state index in [1.165, 1.54) is 24.8 Å². The van der Waals surface area contributed by atoms with Crippen molar-refractivity contribution in [2.24, 2.45) is 5.73 Å². The molecule has 0 amide bonds. The molecular formula is C14H18N4. The zero-order valence-electron chi connectivity index (χ0n) is 10.4. The molecule has 0 atom stereocenters. The third-order valence-corrected chi connectivity index (χ3v) is 3.88. The van der Waals surface area contributed by atoms with Crippen molar-refractivity contribution in [1.82, 2.24) is 15.0 Å². The number of benzene rings is 1. The van der Waals surface area contributed by atoms with Crippen LogP contribution in [0.5, 0.6) is 0 Å². The molecule has 1 aromatic heterocycles. The topological polar surface area (TPSA) is 56.7 Å². The molecule has 1 heterocycles. The number of aromatic nitrogens is 3. The summed E-state index contributed by atoms with van der Waals surface area (Å²) >= 11 is 0. The first-order valence-corrected chi connectivity index (χ1v) is 6.54. The summed E-state index contributed by atoms with van der Waals surface area (Å²) in [6.45, 7) is 0. The molecule has 1 aliphatic rings. The molecule has 1 aliphatic carbocycles. The summed E-state index contributed by atoms with van der Waals surface area (Å²) in [5.41, 5.74) is 8.65. The third-order valence-electron chi connectivity index (χ3n) is 3.88. The van der Waals surface area contributed by atoms with Crippen LogP contribution in [0.2, 0.25) is 0 Å². The van der Waals surface area contributed by atoms with Gasteiger partial charge < -0.3 is 5.73 Å². The van der Waals surface area contributed by atoms with E-state index >= 15 is 0 Å². The van der Waals surface area contributed by atoms with Crippen LogP contribution >= 0.6 is 0 Å². The van der Waals surface area contributed by atoms with Crippen LogP contribution in [-0.4, -0.2) is 15.0 Å². The van der Waals surface area contributed by atoms with Crippen molar-refractivity contribution in [2.45, 2.75) is 37.6 Å². The second kappa shape index (κ2) is 4.53. The minimum atomic E-state index is -0.126. The zero-order chi connectivity index (χ0) is 12.4. The molecule has 3 rings (SSSR count). The van der Waals surface area contributed by atoms with Crippen molar-refractivity contribution >= 4 is 0 Å². The fraction of sp³-hybridized carbons (Fsp3) is 0.429. The van der Waals surface area contributed by atoms with Gasteiger partial charge in [0, 0.05) is 5.54 Å². The van der Waals surface area contributed by atoms with E-state index in [4.69, 9.17) is 5.73 Å². The molecule has 0 radical (unpaired) electrons. The maximum Gasteiger partial charge on any atom is 0.0697 e. The van der Waals surface area contributed by atoms with Gasteiger partial charge in [-0.15, -0.1) is 5.10 Å². The van der Waals surface area contributed by atoms with E-state index in [0.29, 0.717) is 0 Å². The average molecular weight is 242 g/mol. The van der Waals surface area contributed by atoms with Crippen molar-refractivity contribution in [2.75, 3.05) is 0 Å². The van der Waals surface area contributed by atoms with Crippen LogP contribution in [0.1, 0.15) is 37.7 Å². The Kier molecular flexibility index (Phi) is 2.88. The van der Waals surface area contributed by atoms with Gasteiger partial charge in [0.2, 0.25) is 0 Å². The fourth-order valence-electron chi connectivity index (χ4n) is 2.76. The minimum absolute atomic E-state index is 0.126. The van der Waals surface area contributed by atoms with E-state index in [2.05, 4.69) is 34.6 Å². The maximum absolute atomic E-state index is 6.51. The number of nitrogens with zero attached hydrogens (tertiary/aromatic N) is 3. The lowest BCUT2D eigenvalue weighted by atomic mass is 9.77. The first-order chi connectivity index (χ1) is 8.78. The molecule has 0 spiro atoms. The number of rotatable bonds is 2. The maximum atomic E-state index is 6.51. The first kappa shape index (κ1) is 11.4. The molecule has 4 nitrogen and oxygen atoms in total. The van der Waals surface area contributed by atoms with Gasteiger partial charge in [-0.3, -0.25) is 0 Å². The van der Waals surface area contributed by atoms with E-state index < -0.39 is 0 Å². The second-order valence-corrected chi connectivity index (χ2v) is 5.11. The summed E-state index contributed by atoms with van der Waals surface area (Å²) in [7, 11) is 0. The van der Waals surface area contributed by atoms with Gasteiger partial charge in [-0.2, -0.15) is 0 Å². The summed E-state index contributed by atoms with van der Waals surface area (Å²) in [4.78, 5) is 0. The molecule has 4 heteroatoms. The van der Waals surface area contributed by atoms with Crippen molar-refractivity contribution < 1.29 is 0 Å². The molecule has 1 saturated carbocycles. The van der Waals surface area contributed by atoms with Crippen molar-refractivity contribution in [3.63, 3.8) is 0 Å². The minimum Gasteiger partial charge on any atom is -0.321 e. The quantitative estimate of drug-likeness (QED) is 0.879. The highest BCUT2D eigenvalue weighted by atomic mass is 15.4. The Labute approximate surface area is 107 Å². The van der Waals surface area contributed by atoms with Crippen LogP contribution in [0.15, 0.2) is 36.7 Å². The molecule has 0 unspecified atom stereocenters. The Hall–Kier alpha value is -1.68. The first-order valence-electron chi connectivity index (χ1n) is 6.54. The Bertz CT molecular complexity index is 495. The van der Waals surface area contributed by atoms with Crippen molar-refractivity contribution in [3.8, 4) is 5.69 Å². The molecule has 2 N–H and O–H groups in total. The van der Waals surface area contributed by atoms with E-state index in [1.807, 2.05) is 6.20 Å². The van der Waals surface area contributed by atoms with Gasteiger partial charge >= 0.3 is 0 Å². The van der Waals surface area contributed by atoms with E-state index in [0.717, 1.165) is 18.5 Å². The van der Waals surface area contributed by atoms with Crippen LogP contribution < -0.4 is 5.73 Å². The Morgan fingerprint density at radius 1 is 1.06 bits per heavy atom. The number of hydrogen-bond acceptors (Lipinski definition) is 3. The summed E-state index contributed by atoms with van der Waals surface area (Å²) in [6.07, 6.45) is 9.50. The van der Waals surface area contributed by atoms with Crippen molar-refractivity contribution in [3.05, 3.63) is 42.2 Å². The molecule has 1 aromatic carbocycles. The molecule has 94 valence electrons. The second-order valence-electron chi connectivity index (χ2n) is 5.11. The lowest BCUT2D eigenvalue weighted by Gasteiger charge is -2.34. The normalized spacial score (nSPS) is 18.7. The zero-order valence-corrected chi connectivity index (χ0v) is 10.4. The molecule has 2 aromatic rings. The summed E-state index contributed by atoms with van der Waals surface area (Å²) in [5, 5.41) is 7.79. The molecule has 18 heavy (non-hydrogen) atoms. The lowest BCUT2D eigenvalue weighted by molar-refractivity contribution is 0.302. The average Bonchev–Trinajstić information content (AvgIpc) is 2.94. The number of nitrogens with two attached hydrogens (primary N) is 1. The van der Waals surface area contributed by atoms with Crippen molar-refractivity contribution in [1.29, 1.82) is 0 Å². The molecular weight excluding hydrogens is 224 g/mol. The lowest BCUT2D eigenvalue weighted by Crippen LogP contribution is -2.38. The van der Waals surface area contributed by atoms with Crippen LogP contribution in [0, 0.1) is 0 Å². The standard InChI is InChI=1S/C14H18N4/c15-14(8-2-1-3-9-14)12-4-6-13(7-5-12)18-11-10-16-17-18/h4-7,10-11H,1-3,8-9,15H2. The van der Waals surface area contributed by atoms with Crippen LogP contribution in [-0.2, 0) is 5.54 Å². The van der Waals surface area contributed by atoms with E-state index in [1.54, 1.807) is 10.9 Å². The smallest absolute Gasteiger partial charge is 0.0697 e. The van der Waals surface area contributed by atoms with E-state index in [-0.39, 0.29) is 5.54 Å². The van der Waals surface area contributed by atoms with Gasteiger partial charge in [-0.25, -0.2) is 4.68 Å².